The second kappa shape index (κ2) is 3.64. The van der Waals surface area contributed by atoms with Gasteiger partial charge in [-0.1, -0.05) is 41.4 Å². The summed E-state index contributed by atoms with van der Waals surface area (Å²) in [5, 5.41) is 10.3. The van der Waals surface area contributed by atoms with Crippen molar-refractivity contribution in [2.24, 2.45) is 0 Å². The lowest BCUT2D eigenvalue weighted by molar-refractivity contribution is -0.00699. The van der Waals surface area contributed by atoms with Crippen molar-refractivity contribution < 1.29 is 10.0 Å². The summed E-state index contributed by atoms with van der Waals surface area (Å²) < 4.78 is 0. The Bertz CT molecular complexity index is 493. The van der Waals surface area contributed by atoms with E-state index in [4.69, 9.17) is 34.8 Å². The molecular weight excluding hydrogens is 272 g/mol. The minimum absolute atomic E-state index is 0.0370. The van der Waals surface area contributed by atoms with Gasteiger partial charge in [-0.3, -0.25) is 10.0 Å². The molecule has 0 unspecified atom stereocenters. The zero-order valence-electron chi connectivity index (χ0n) is 8.14. The minimum Gasteiger partial charge on any atom is -0.281 e. The Morgan fingerprint density at radius 2 is 1.69 bits per heavy atom. The maximum absolute atomic E-state index is 11.7. The highest BCUT2D eigenvalue weighted by molar-refractivity contribution is 6.50. The van der Waals surface area contributed by atoms with Gasteiger partial charge < -0.3 is 0 Å². The van der Waals surface area contributed by atoms with Gasteiger partial charge in [0.25, 0.3) is 5.91 Å². The first-order chi connectivity index (χ1) is 7.37. The highest BCUT2D eigenvalue weighted by Gasteiger charge is 2.36. The van der Waals surface area contributed by atoms with E-state index < -0.39 is 5.91 Å². The fraction of sp³-hybridized carbons (Fsp3) is 0.100. The number of carbonyl (C=O) groups is 1. The molecule has 0 saturated heterocycles. The van der Waals surface area contributed by atoms with Gasteiger partial charge in [0.2, 0.25) is 0 Å². The predicted molar refractivity (Wildman–Crippen MR) is 63.2 cm³/mol. The van der Waals surface area contributed by atoms with Gasteiger partial charge in [0.05, 0.1) is 26.3 Å². The van der Waals surface area contributed by atoms with Crippen LogP contribution in [0.1, 0.15) is 21.5 Å². The third-order valence-corrected chi connectivity index (χ3v) is 3.93. The molecule has 3 nitrogen and oxygen atoms in total. The molecule has 16 heavy (non-hydrogen) atoms. The molecule has 0 aliphatic carbocycles. The van der Waals surface area contributed by atoms with E-state index in [9.17, 15) is 10.0 Å². The molecule has 1 N–H and O–H groups in total. The van der Waals surface area contributed by atoms with Crippen LogP contribution in [0.15, 0.2) is 6.58 Å². The van der Waals surface area contributed by atoms with Gasteiger partial charge in [-0.2, -0.15) is 5.06 Å². The third kappa shape index (κ3) is 1.29. The van der Waals surface area contributed by atoms with Crippen molar-refractivity contribution in [1.82, 2.24) is 5.06 Å². The number of nitrogens with zero attached hydrogens (tertiary/aromatic N) is 1. The molecule has 1 amide bonds. The fourth-order valence-corrected chi connectivity index (χ4v) is 2.42. The van der Waals surface area contributed by atoms with E-state index in [1.807, 2.05) is 0 Å². The number of benzene rings is 1. The number of rotatable bonds is 0. The Labute approximate surface area is 107 Å². The summed E-state index contributed by atoms with van der Waals surface area (Å²) in [6.07, 6.45) is 0. The number of hydrogen-bond donors (Lipinski definition) is 1. The standard InChI is InChI=1S/C10H6Cl3NO2/c1-3-5-4(2)14(16)10(15)6(5)8(12)9(13)7(3)11/h16H,2H2,1H3. The van der Waals surface area contributed by atoms with E-state index in [2.05, 4.69) is 6.58 Å². The van der Waals surface area contributed by atoms with Gasteiger partial charge in [0.1, 0.15) is 0 Å². The lowest BCUT2D eigenvalue weighted by atomic mass is 10.0. The number of hydroxylamine groups is 2. The summed E-state index contributed by atoms with van der Waals surface area (Å²) in [4.78, 5) is 11.7. The zero-order chi connectivity index (χ0) is 12.2. The van der Waals surface area contributed by atoms with E-state index in [-0.39, 0.29) is 26.3 Å². The molecule has 0 fully saturated rings. The van der Waals surface area contributed by atoms with Crippen molar-refractivity contribution in [2.45, 2.75) is 6.92 Å². The van der Waals surface area contributed by atoms with E-state index >= 15 is 0 Å². The predicted octanol–water partition coefficient (Wildman–Crippen LogP) is 3.77. The Morgan fingerprint density at radius 3 is 2.25 bits per heavy atom. The topological polar surface area (TPSA) is 40.5 Å². The zero-order valence-corrected chi connectivity index (χ0v) is 10.4. The molecule has 0 spiro atoms. The van der Waals surface area contributed by atoms with Gasteiger partial charge in [0, 0.05) is 5.56 Å². The smallest absolute Gasteiger partial charge is 0.281 e. The van der Waals surface area contributed by atoms with Crippen LogP contribution in [0.5, 0.6) is 0 Å². The van der Waals surface area contributed by atoms with E-state index in [0.717, 1.165) is 0 Å². The van der Waals surface area contributed by atoms with E-state index in [1.165, 1.54) is 0 Å². The van der Waals surface area contributed by atoms with Gasteiger partial charge in [-0.25, -0.2) is 0 Å². The third-order valence-electron chi connectivity index (χ3n) is 2.51. The molecule has 1 aromatic carbocycles. The average molecular weight is 279 g/mol. The normalized spacial score (nSPS) is 14.7. The molecule has 2 rings (SSSR count). The number of amides is 1. The first-order valence-corrected chi connectivity index (χ1v) is 5.41. The molecule has 1 aliphatic heterocycles. The van der Waals surface area contributed by atoms with Crippen LogP contribution in [0.4, 0.5) is 0 Å². The molecule has 1 aliphatic rings. The summed E-state index contributed by atoms with van der Waals surface area (Å²) in [6.45, 7) is 5.28. The van der Waals surface area contributed by atoms with Crippen LogP contribution < -0.4 is 0 Å². The number of hydrogen-bond acceptors (Lipinski definition) is 2. The van der Waals surface area contributed by atoms with Crippen LogP contribution in [0.2, 0.25) is 15.1 Å². The molecule has 6 heteroatoms. The monoisotopic (exact) mass is 277 g/mol. The van der Waals surface area contributed by atoms with Crippen LogP contribution >= 0.6 is 34.8 Å². The van der Waals surface area contributed by atoms with Crippen LogP contribution in [-0.4, -0.2) is 16.2 Å². The van der Waals surface area contributed by atoms with Crippen molar-refractivity contribution >= 4 is 46.4 Å². The van der Waals surface area contributed by atoms with Gasteiger partial charge in [0.15, 0.2) is 0 Å². The van der Waals surface area contributed by atoms with Crippen LogP contribution in [0, 0.1) is 6.92 Å². The largest absolute Gasteiger partial charge is 0.284 e. The summed E-state index contributed by atoms with van der Waals surface area (Å²) in [5.74, 6) is -0.647. The second-order valence-electron chi connectivity index (χ2n) is 3.38. The highest BCUT2D eigenvalue weighted by Crippen LogP contribution is 2.44. The number of carbonyl (C=O) groups excluding carboxylic acids is 1. The van der Waals surface area contributed by atoms with Gasteiger partial charge in [-0.05, 0) is 12.5 Å². The number of halogens is 3. The Hall–Kier alpha value is -0.740. The maximum Gasteiger partial charge on any atom is 0.284 e. The van der Waals surface area contributed by atoms with Crippen molar-refractivity contribution in [1.29, 1.82) is 0 Å². The molecule has 0 saturated carbocycles. The average Bonchev–Trinajstić information content (AvgIpc) is 2.48. The molecule has 1 heterocycles. The molecule has 0 atom stereocenters. The fourth-order valence-electron chi connectivity index (χ4n) is 1.67. The lowest BCUT2D eigenvalue weighted by Crippen LogP contribution is -2.17. The molecule has 1 aromatic rings. The first-order valence-electron chi connectivity index (χ1n) is 4.27. The summed E-state index contributed by atoms with van der Waals surface area (Å²) in [5.41, 5.74) is 1.30. The minimum atomic E-state index is -0.647. The second-order valence-corrected chi connectivity index (χ2v) is 4.51. The quantitative estimate of drug-likeness (QED) is 0.579. The Kier molecular flexibility index (Phi) is 2.67. The Morgan fingerprint density at radius 1 is 1.12 bits per heavy atom. The lowest BCUT2D eigenvalue weighted by Gasteiger charge is -2.09. The maximum atomic E-state index is 11.7. The summed E-state index contributed by atoms with van der Waals surface area (Å²) in [6, 6.07) is 0. The van der Waals surface area contributed by atoms with Crippen molar-refractivity contribution in [3.8, 4) is 0 Å². The van der Waals surface area contributed by atoms with Crippen molar-refractivity contribution in [2.75, 3.05) is 0 Å². The Balaban J connectivity index is 2.91. The molecule has 0 bridgehead atoms. The van der Waals surface area contributed by atoms with Crippen LogP contribution in [-0.2, 0) is 0 Å². The SMILES string of the molecule is C=C1c2c(C)c(Cl)c(Cl)c(Cl)c2C(=O)N1O. The highest BCUT2D eigenvalue weighted by atomic mass is 35.5. The first kappa shape index (κ1) is 11.7. The summed E-state index contributed by atoms with van der Waals surface area (Å²) >= 11 is 17.8. The molecule has 0 radical (unpaired) electrons. The molecule has 0 aromatic heterocycles. The van der Waals surface area contributed by atoms with Crippen molar-refractivity contribution in [3.63, 3.8) is 0 Å². The summed E-state index contributed by atoms with van der Waals surface area (Å²) in [7, 11) is 0. The van der Waals surface area contributed by atoms with Gasteiger partial charge in [-0.15, -0.1) is 0 Å². The van der Waals surface area contributed by atoms with E-state index in [1.54, 1.807) is 6.92 Å². The van der Waals surface area contributed by atoms with Gasteiger partial charge >= 0.3 is 0 Å². The van der Waals surface area contributed by atoms with E-state index in [0.29, 0.717) is 16.2 Å². The van der Waals surface area contributed by atoms with Crippen LogP contribution in [0.25, 0.3) is 5.70 Å². The molecular formula is C10H6Cl3NO2. The molecule has 84 valence electrons. The van der Waals surface area contributed by atoms with Crippen molar-refractivity contribution in [3.05, 3.63) is 38.3 Å². The number of fused-ring (bicyclic) bond motifs is 1. The van der Waals surface area contributed by atoms with Crippen LogP contribution in [0.3, 0.4) is 0 Å².